The molecule has 33 heavy (non-hydrogen) atoms. The molecule has 3 N–H and O–H groups in total. The van der Waals surface area contributed by atoms with Crippen molar-refractivity contribution < 1.29 is 31.1 Å². The van der Waals surface area contributed by atoms with Crippen LogP contribution in [0, 0.1) is 5.82 Å². The number of nitrogens with one attached hydrogen (secondary N) is 2. The van der Waals surface area contributed by atoms with E-state index in [4.69, 9.17) is 0 Å². The van der Waals surface area contributed by atoms with Crippen LogP contribution in [0.5, 0.6) is 0 Å². The zero-order chi connectivity index (χ0) is 25.1. The topological polar surface area (TPSA) is 100 Å². The van der Waals surface area contributed by atoms with Gasteiger partial charge in [-0.15, -0.1) is 0 Å². The Kier molecular flexibility index (Phi) is 8.36. The number of sulfonamides is 1. The van der Waals surface area contributed by atoms with Crippen molar-refractivity contribution in [2.75, 3.05) is 15.8 Å². The molecule has 2 aromatic rings. The van der Waals surface area contributed by atoms with Crippen molar-refractivity contribution in [3.05, 3.63) is 56.7 Å². The van der Waals surface area contributed by atoms with E-state index in [1.807, 2.05) is 0 Å². The number of anilines is 3. The van der Waals surface area contributed by atoms with Gasteiger partial charge in [-0.05, 0) is 38.5 Å². The molecule has 7 nitrogen and oxygen atoms in total. The van der Waals surface area contributed by atoms with Gasteiger partial charge in [0.1, 0.15) is 5.69 Å². The Morgan fingerprint density at radius 3 is 2.48 bits per heavy atom. The van der Waals surface area contributed by atoms with E-state index in [1.54, 1.807) is 13.8 Å². The summed E-state index contributed by atoms with van der Waals surface area (Å²) in [5.74, 6) is -2.23. The smallest absolute Gasteiger partial charge is 0.392 e. The zero-order valence-corrected chi connectivity index (χ0v) is 20.2. The summed E-state index contributed by atoms with van der Waals surface area (Å²) in [6, 6.07) is 3.03. The molecule has 1 atom stereocenters. The van der Waals surface area contributed by atoms with Crippen LogP contribution in [0.2, 0.25) is 0 Å². The maximum atomic E-state index is 15.1. The van der Waals surface area contributed by atoms with Crippen LogP contribution in [-0.4, -0.2) is 29.9 Å². The molecule has 0 aliphatic rings. The molecule has 1 heterocycles. The van der Waals surface area contributed by atoms with Gasteiger partial charge in [0.15, 0.2) is 0 Å². The third-order valence-corrected chi connectivity index (χ3v) is 6.49. The number of aromatic nitrogens is 1. The van der Waals surface area contributed by atoms with Gasteiger partial charge < -0.3 is 10.4 Å². The normalized spacial score (nSPS) is 13.7. The van der Waals surface area contributed by atoms with E-state index in [0.29, 0.717) is 0 Å². The van der Waals surface area contributed by atoms with Crippen molar-refractivity contribution in [2.24, 2.45) is 0 Å². The Morgan fingerprint density at radius 2 is 1.94 bits per heavy atom. The Labute approximate surface area is 196 Å². The third-order valence-electron chi connectivity index (χ3n) is 4.65. The van der Waals surface area contributed by atoms with Gasteiger partial charge in [-0.25, -0.2) is 8.42 Å². The first-order valence-corrected chi connectivity index (χ1v) is 12.1. The fourth-order valence-electron chi connectivity index (χ4n) is 2.76. The number of hydrogen-bond donors (Lipinski definition) is 3. The first kappa shape index (κ1) is 26.9. The van der Waals surface area contributed by atoms with Crippen LogP contribution in [0.3, 0.4) is 0 Å². The molecule has 1 aromatic heterocycles. The maximum Gasteiger partial charge on any atom is 0.418 e. The van der Waals surface area contributed by atoms with Crippen molar-refractivity contribution in [2.45, 2.75) is 39.5 Å². The van der Waals surface area contributed by atoms with E-state index in [1.165, 1.54) is 19.1 Å². The van der Waals surface area contributed by atoms with Crippen molar-refractivity contribution in [1.82, 2.24) is 4.57 Å². The summed E-state index contributed by atoms with van der Waals surface area (Å²) < 4.78 is 83.6. The zero-order valence-electron chi connectivity index (χ0n) is 17.8. The third kappa shape index (κ3) is 6.58. The van der Waals surface area contributed by atoms with Crippen LogP contribution < -0.4 is 15.6 Å². The molecule has 0 bridgehead atoms. The lowest BCUT2D eigenvalue weighted by Gasteiger charge is -2.20. The van der Waals surface area contributed by atoms with Gasteiger partial charge in [-0.1, -0.05) is 28.9 Å². The Bertz CT molecular complexity index is 1230. The lowest BCUT2D eigenvalue weighted by Crippen LogP contribution is -2.29. The van der Waals surface area contributed by atoms with Crippen LogP contribution in [0.15, 0.2) is 39.7 Å². The number of aliphatic hydroxyl groups excluding tert-OH is 1. The van der Waals surface area contributed by atoms with Crippen LogP contribution >= 0.6 is 15.9 Å². The molecule has 13 heteroatoms. The van der Waals surface area contributed by atoms with E-state index >= 15 is 4.39 Å². The molecule has 0 aliphatic heterocycles. The Hall–Kier alpha value is -2.38. The number of aliphatic hydroxyl groups is 1. The SMILES string of the molecule is C/C=C(\C)n1cc(NS(=O)(=O)CC(O)CC)c(Nc2ccc(Br)cc2C(F)(F)F)c(F)c1=O. The number of alkyl halides is 3. The summed E-state index contributed by atoms with van der Waals surface area (Å²) in [5.41, 5.74) is -4.01. The van der Waals surface area contributed by atoms with Crippen molar-refractivity contribution >= 4 is 48.7 Å². The maximum absolute atomic E-state index is 15.1. The minimum absolute atomic E-state index is 0.106. The number of allylic oxidation sites excluding steroid dienone is 2. The van der Waals surface area contributed by atoms with Gasteiger partial charge in [0.25, 0.3) is 5.56 Å². The van der Waals surface area contributed by atoms with Crippen molar-refractivity contribution in [3.63, 3.8) is 0 Å². The lowest BCUT2D eigenvalue weighted by atomic mass is 10.1. The van der Waals surface area contributed by atoms with E-state index < -0.39 is 62.1 Å². The number of rotatable bonds is 8. The highest BCUT2D eigenvalue weighted by Crippen LogP contribution is 2.39. The monoisotopic (exact) mass is 555 g/mol. The number of hydrogen-bond acceptors (Lipinski definition) is 5. The minimum Gasteiger partial charge on any atom is -0.392 e. The molecule has 0 amide bonds. The fourth-order valence-corrected chi connectivity index (χ4v) is 4.44. The van der Waals surface area contributed by atoms with Gasteiger partial charge in [0, 0.05) is 16.4 Å². The Balaban J connectivity index is 2.72. The summed E-state index contributed by atoms with van der Waals surface area (Å²) in [4.78, 5) is 12.5. The predicted molar refractivity (Wildman–Crippen MR) is 122 cm³/mol. The van der Waals surface area contributed by atoms with Gasteiger partial charge >= 0.3 is 6.18 Å². The molecule has 2 rings (SSSR count). The number of pyridine rings is 1. The van der Waals surface area contributed by atoms with Crippen molar-refractivity contribution in [3.8, 4) is 0 Å². The predicted octanol–water partition coefficient (Wildman–Crippen LogP) is 4.91. The van der Waals surface area contributed by atoms with E-state index in [2.05, 4.69) is 26.0 Å². The second kappa shape index (κ2) is 10.3. The standard InChI is InChI=1S/C20H22BrF4N3O4S/c1-4-11(3)28-9-16(27-33(31,32)10-13(29)5-2)18(17(22)19(28)30)26-15-7-6-12(21)8-14(15)20(23,24)25/h4,6-9,13,26-27,29H,5,10H2,1-3H3/b11-4+. The molecule has 0 saturated heterocycles. The molecule has 0 fully saturated rings. The van der Waals surface area contributed by atoms with Gasteiger partial charge in [0.05, 0.1) is 28.8 Å². The molecule has 1 unspecified atom stereocenters. The molecular weight excluding hydrogens is 534 g/mol. The van der Waals surface area contributed by atoms with Crippen LogP contribution in [0.1, 0.15) is 32.8 Å². The Morgan fingerprint density at radius 1 is 1.30 bits per heavy atom. The minimum atomic E-state index is -4.83. The number of benzene rings is 1. The van der Waals surface area contributed by atoms with Crippen LogP contribution in [-0.2, 0) is 16.2 Å². The quantitative estimate of drug-likeness (QED) is 0.402. The molecule has 182 valence electrons. The average Bonchev–Trinajstić information content (AvgIpc) is 2.72. The highest BCUT2D eigenvalue weighted by atomic mass is 79.9. The molecule has 0 saturated carbocycles. The highest BCUT2D eigenvalue weighted by Gasteiger charge is 2.34. The van der Waals surface area contributed by atoms with Crippen LogP contribution in [0.25, 0.3) is 5.70 Å². The summed E-state index contributed by atoms with van der Waals surface area (Å²) >= 11 is 2.94. The first-order valence-electron chi connectivity index (χ1n) is 9.61. The highest BCUT2D eigenvalue weighted by molar-refractivity contribution is 9.10. The summed E-state index contributed by atoms with van der Waals surface area (Å²) in [6.07, 6.45) is -3.51. The fraction of sp³-hybridized carbons (Fsp3) is 0.350. The van der Waals surface area contributed by atoms with Crippen molar-refractivity contribution in [1.29, 1.82) is 0 Å². The summed E-state index contributed by atoms with van der Waals surface area (Å²) in [7, 11) is -4.26. The summed E-state index contributed by atoms with van der Waals surface area (Å²) in [5, 5.41) is 11.9. The first-order chi connectivity index (χ1) is 15.2. The van der Waals surface area contributed by atoms with Gasteiger partial charge in [0.2, 0.25) is 15.8 Å². The van der Waals surface area contributed by atoms with Gasteiger partial charge in [-0.2, -0.15) is 17.6 Å². The van der Waals surface area contributed by atoms with E-state index in [9.17, 15) is 31.5 Å². The van der Waals surface area contributed by atoms with E-state index in [0.717, 1.165) is 22.9 Å². The van der Waals surface area contributed by atoms with Crippen LogP contribution in [0.4, 0.5) is 34.6 Å². The number of nitrogens with zero attached hydrogens (tertiary/aromatic N) is 1. The molecule has 1 aromatic carbocycles. The lowest BCUT2D eigenvalue weighted by molar-refractivity contribution is -0.137. The molecule has 0 aliphatic carbocycles. The average molecular weight is 556 g/mol. The second-order valence-electron chi connectivity index (χ2n) is 7.10. The second-order valence-corrected chi connectivity index (χ2v) is 9.78. The molecule has 0 spiro atoms. The largest absolute Gasteiger partial charge is 0.418 e. The van der Waals surface area contributed by atoms with Gasteiger partial charge in [-0.3, -0.25) is 14.1 Å². The van der Waals surface area contributed by atoms with E-state index in [-0.39, 0.29) is 16.6 Å². The number of halogens is 5. The summed E-state index contributed by atoms with van der Waals surface area (Å²) in [6.45, 7) is 4.57. The molecule has 0 radical (unpaired) electrons. The molecular formula is C20H22BrF4N3O4S.